The lowest BCUT2D eigenvalue weighted by atomic mass is 10.1. The molecule has 1 saturated heterocycles. The van der Waals surface area contributed by atoms with Gasteiger partial charge in [0.1, 0.15) is 11.9 Å². The number of phenolic OH excluding ortho intramolecular Hbond substituents is 1. The highest BCUT2D eigenvalue weighted by Gasteiger charge is 2.27. The molecule has 1 atom stereocenters. The van der Waals surface area contributed by atoms with Gasteiger partial charge in [0.2, 0.25) is 5.91 Å². The molecule has 1 amide bonds. The van der Waals surface area contributed by atoms with Gasteiger partial charge in [0, 0.05) is 7.05 Å². The van der Waals surface area contributed by atoms with Crippen LogP contribution in [0, 0.1) is 0 Å². The van der Waals surface area contributed by atoms with Gasteiger partial charge in [0.15, 0.2) is 0 Å². The Morgan fingerprint density at radius 3 is 2.57 bits per heavy atom. The number of carbonyl (C=O) groups is 1. The Kier molecular flexibility index (Phi) is 2.13. The van der Waals surface area contributed by atoms with Crippen LogP contribution in [-0.2, 0) is 4.79 Å². The number of likely N-dealkylation sites (N-methyl/N-ethyl adjacent to an activating group) is 1. The minimum Gasteiger partial charge on any atom is -0.508 e. The summed E-state index contributed by atoms with van der Waals surface area (Å²) in [5.41, 5.74) is 0.983. The number of nitrogens with one attached hydrogen (secondary N) is 1. The molecule has 0 spiro atoms. The number of benzene rings is 1. The molecule has 2 N–H and O–H groups in total. The smallest absolute Gasteiger partial charge is 0.237 e. The standard InChI is InChI=1S/C10H12N2O2/c1-12-9(14)6-11-10(12)7-2-4-8(13)5-3-7/h2-5,10-11,13H,6H2,1H3. The summed E-state index contributed by atoms with van der Waals surface area (Å²) >= 11 is 0. The van der Waals surface area contributed by atoms with E-state index >= 15 is 0 Å². The molecule has 0 saturated carbocycles. The van der Waals surface area contributed by atoms with Crippen LogP contribution < -0.4 is 5.32 Å². The minimum atomic E-state index is -0.0666. The highest BCUT2D eigenvalue weighted by Crippen LogP contribution is 2.22. The van der Waals surface area contributed by atoms with E-state index in [4.69, 9.17) is 5.11 Å². The van der Waals surface area contributed by atoms with Gasteiger partial charge in [0.05, 0.1) is 6.54 Å². The maximum absolute atomic E-state index is 11.2. The first kappa shape index (κ1) is 9.02. The summed E-state index contributed by atoms with van der Waals surface area (Å²) in [5.74, 6) is 0.323. The van der Waals surface area contributed by atoms with Gasteiger partial charge < -0.3 is 10.0 Å². The first-order chi connectivity index (χ1) is 6.68. The van der Waals surface area contributed by atoms with E-state index in [1.807, 2.05) is 12.1 Å². The lowest BCUT2D eigenvalue weighted by Gasteiger charge is -2.19. The van der Waals surface area contributed by atoms with Crippen molar-refractivity contribution < 1.29 is 9.90 Å². The van der Waals surface area contributed by atoms with Crippen molar-refractivity contribution in [2.75, 3.05) is 13.6 Å². The van der Waals surface area contributed by atoms with Crippen LogP contribution in [0.2, 0.25) is 0 Å². The van der Waals surface area contributed by atoms with Gasteiger partial charge in [-0.2, -0.15) is 0 Å². The molecule has 4 nitrogen and oxygen atoms in total. The Labute approximate surface area is 82.2 Å². The molecular formula is C10H12N2O2. The van der Waals surface area contributed by atoms with E-state index in [-0.39, 0.29) is 17.8 Å². The summed E-state index contributed by atoms with van der Waals surface area (Å²) in [6, 6.07) is 6.85. The summed E-state index contributed by atoms with van der Waals surface area (Å²) in [7, 11) is 1.76. The zero-order valence-electron chi connectivity index (χ0n) is 7.90. The van der Waals surface area contributed by atoms with Crippen molar-refractivity contribution in [1.82, 2.24) is 10.2 Å². The predicted molar refractivity (Wildman–Crippen MR) is 51.6 cm³/mol. The molecule has 0 radical (unpaired) electrons. The summed E-state index contributed by atoms with van der Waals surface area (Å²) in [4.78, 5) is 12.9. The molecule has 1 fully saturated rings. The number of rotatable bonds is 1. The van der Waals surface area contributed by atoms with Gasteiger partial charge in [-0.25, -0.2) is 0 Å². The number of amides is 1. The average Bonchev–Trinajstić information content (AvgIpc) is 2.50. The van der Waals surface area contributed by atoms with Crippen LogP contribution in [-0.4, -0.2) is 29.5 Å². The molecule has 1 aromatic carbocycles. The van der Waals surface area contributed by atoms with E-state index in [1.165, 1.54) is 0 Å². The quantitative estimate of drug-likeness (QED) is 0.679. The fourth-order valence-corrected chi connectivity index (χ4v) is 1.59. The van der Waals surface area contributed by atoms with Crippen LogP contribution in [0.15, 0.2) is 24.3 Å². The van der Waals surface area contributed by atoms with E-state index < -0.39 is 0 Å². The van der Waals surface area contributed by atoms with Gasteiger partial charge in [-0.1, -0.05) is 12.1 Å². The Balaban J connectivity index is 2.23. The zero-order valence-corrected chi connectivity index (χ0v) is 7.90. The fourth-order valence-electron chi connectivity index (χ4n) is 1.59. The molecular weight excluding hydrogens is 180 g/mol. The van der Waals surface area contributed by atoms with E-state index in [2.05, 4.69) is 5.32 Å². The van der Waals surface area contributed by atoms with Gasteiger partial charge in [0.25, 0.3) is 0 Å². The minimum absolute atomic E-state index is 0.0666. The lowest BCUT2D eigenvalue weighted by Crippen LogP contribution is -2.25. The number of hydrogen-bond acceptors (Lipinski definition) is 3. The van der Waals surface area contributed by atoms with Crippen LogP contribution in [0.4, 0.5) is 0 Å². The highest BCUT2D eigenvalue weighted by atomic mass is 16.3. The molecule has 1 unspecified atom stereocenters. The van der Waals surface area contributed by atoms with Crippen LogP contribution in [0.25, 0.3) is 0 Å². The average molecular weight is 192 g/mol. The fraction of sp³-hybridized carbons (Fsp3) is 0.300. The van der Waals surface area contributed by atoms with Crippen LogP contribution in [0.3, 0.4) is 0 Å². The Morgan fingerprint density at radius 2 is 2.07 bits per heavy atom. The number of nitrogens with zero attached hydrogens (tertiary/aromatic N) is 1. The number of hydrogen-bond donors (Lipinski definition) is 2. The maximum atomic E-state index is 11.2. The van der Waals surface area contributed by atoms with Crippen molar-refractivity contribution in [1.29, 1.82) is 0 Å². The molecule has 0 bridgehead atoms. The second-order valence-corrected chi connectivity index (χ2v) is 3.38. The third-order valence-electron chi connectivity index (χ3n) is 2.44. The Morgan fingerprint density at radius 1 is 1.43 bits per heavy atom. The third kappa shape index (κ3) is 1.44. The molecule has 0 aromatic heterocycles. The van der Waals surface area contributed by atoms with Crippen LogP contribution in [0.5, 0.6) is 5.75 Å². The predicted octanol–water partition coefficient (Wildman–Crippen LogP) is 0.452. The number of phenols is 1. The first-order valence-electron chi connectivity index (χ1n) is 4.46. The van der Waals surface area contributed by atoms with Gasteiger partial charge in [-0.3, -0.25) is 10.1 Å². The second kappa shape index (κ2) is 3.31. The zero-order chi connectivity index (χ0) is 10.1. The SMILES string of the molecule is CN1C(=O)CNC1c1ccc(O)cc1. The third-order valence-corrected chi connectivity index (χ3v) is 2.44. The molecule has 14 heavy (non-hydrogen) atoms. The molecule has 1 aliphatic heterocycles. The van der Waals surface area contributed by atoms with Crippen molar-refractivity contribution in [2.24, 2.45) is 0 Å². The maximum Gasteiger partial charge on any atom is 0.237 e. The summed E-state index contributed by atoms with van der Waals surface area (Å²) in [6.45, 7) is 0.377. The molecule has 4 heteroatoms. The van der Waals surface area contributed by atoms with Gasteiger partial charge in [-0.15, -0.1) is 0 Å². The van der Waals surface area contributed by atoms with Crippen molar-refractivity contribution in [2.45, 2.75) is 6.17 Å². The van der Waals surface area contributed by atoms with Crippen LogP contribution in [0.1, 0.15) is 11.7 Å². The lowest BCUT2D eigenvalue weighted by molar-refractivity contribution is -0.126. The van der Waals surface area contributed by atoms with E-state index in [1.54, 1.807) is 24.1 Å². The van der Waals surface area contributed by atoms with Crippen molar-refractivity contribution in [3.05, 3.63) is 29.8 Å². The molecule has 74 valence electrons. The van der Waals surface area contributed by atoms with Crippen LogP contribution >= 0.6 is 0 Å². The molecule has 2 rings (SSSR count). The van der Waals surface area contributed by atoms with E-state index in [0.29, 0.717) is 6.54 Å². The van der Waals surface area contributed by atoms with Crippen molar-refractivity contribution in [3.63, 3.8) is 0 Å². The first-order valence-corrected chi connectivity index (χ1v) is 4.46. The van der Waals surface area contributed by atoms with Crippen molar-refractivity contribution in [3.8, 4) is 5.75 Å². The monoisotopic (exact) mass is 192 g/mol. The van der Waals surface area contributed by atoms with E-state index in [9.17, 15) is 4.79 Å². The van der Waals surface area contributed by atoms with Crippen molar-refractivity contribution >= 4 is 5.91 Å². The molecule has 1 aliphatic rings. The molecule has 1 aromatic rings. The molecule has 1 heterocycles. The Bertz CT molecular complexity index is 348. The largest absolute Gasteiger partial charge is 0.508 e. The molecule has 0 aliphatic carbocycles. The normalized spacial score (nSPS) is 21.6. The van der Waals surface area contributed by atoms with Gasteiger partial charge >= 0.3 is 0 Å². The summed E-state index contributed by atoms with van der Waals surface area (Å²) in [6.07, 6.45) is -0.0666. The van der Waals surface area contributed by atoms with Gasteiger partial charge in [-0.05, 0) is 17.7 Å². The summed E-state index contributed by atoms with van der Waals surface area (Å²) in [5, 5.41) is 12.2. The summed E-state index contributed by atoms with van der Waals surface area (Å²) < 4.78 is 0. The number of aromatic hydroxyl groups is 1. The Hall–Kier alpha value is -1.55. The van der Waals surface area contributed by atoms with E-state index in [0.717, 1.165) is 5.56 Å². The number of carbonyl (C=O) groups excluding carboxylic acids is 1. The topological polar surface area (TPSA) is 52.6 Å². The highest BCUT2D eigenvalue weighted by molar-refractivity contribution is 5.80. The second-order valence-electron chi connectivity index (χ2n) is 3.38.